The molecule has 1 heterocycles. The molecule has 10 atom stereocenters. The number of carboxylic acids is 1. The molecule has 6 fully saturated rings. The molecule has 8 nitrogen and oxygen atoms in total. The van der Waals surface area contributed by atoms with Gasteiger partial charge < -0.3 is 14.7 Å². The highest BCUT2D eigenvalue weighted by molar-refractivity contribution is 7.88. The second-order valence-corrected chi connectivity index (χ2v) is 23.2. The third-order valence-electron chi connectivity index (χ3n) is 17.8. The number of nitrogens with zero attached hydrogens (tertiary/aromatic N) is 1. The number of carbonyl (C=O) groups excluding carboxylic acids is 1. The van der Waals surface area contributed by atoms with E-state index in [1.54, 1.807) is 13.8 Å². The zero-order chi connectivity index (χ0) is 38.3. The predicted octanol–water partition coefficient (Wildman–Crippen LogP) is 8.54. The number of fused-ring (bicyclic) bond motifs is 7. The molecule has 0 unspecified atom stereocenters. The van der Waals surface area contributed by atoms with Crippen molar-refractivity contribution in [3.63, 3.8) is 0 Å². The third kappa shape index (κ3) is 6.83. The summed E-state index contributed by atoms with van der Waals surface area (Å²) in [6.45, 7) is 24.0. The van der Waals surface area contributed by atoms with Crippen LogP contribution in [0.25, 0.3) is 0 Å². The number of carboxylic acid groups (broad SMARTS) is 1. The summed E-state index contributed by atoms with van der Waals surface area (Å²) in [6.07, 6.45) is 16.5. The van der Waals surface area contributed by atoms with Crippen molar-refractivity contribution in [1.82, 2.24) is 9.62 Å². The molecule has 0 spiro atoms. The summed E-state index contributed by atoms with van der Waals surface area (Å²) < 4.78 is 32.7. The first kappa shape index (κ1) is 40.5. The molecule has 1 aliphatic heterocycles. The first-order valence-corrected chi connectivity index (χ1v) is 23.0. The number of ether oxygens (including phenoxy) is 1. The van der Waals surface area contributed by atoms with Gasteiger partial charge in [-0.2, -0.15) is 0 Å². The third-order valence-corrected chi connectivity index (χ3v) is 18.5. The van der Waals surface area contributed by atoms with Crippen molar-refractivity contribution in [1.29, 1.82) is 0 Å². The van der Waals surface area contributed by atoms with E-state index in [1.807, 2.05) is 0 Å². The van der Waals surface area contributed by atoms with Crippen LogP contribution in [0.5, 0.6) is 0 Å². The van der Waals surface area contributed by atoms with Crippen molar-refractivity contribution in [3.05, 3.63) is 0 Å². The largest absolute Gasteiger partial charge is 0.481 e. The molecule has 6 rings (SSSR count). The number of carbonyl (C=O) groups is 2. The van der Waals surface area contributed by atoms with Crippen LogP contribution < -0.4 is 4.72 Å². The van der Waals surface area contributed by atoms with Crippen LogP contribution in [0.3, 0.4) is 0 Å². The Balaban J connectivity index is 1.19. The number of rotatable bonds is 10. The number of aliphatic carboxylic acids is 1. The van der Waals surface area contributed by atoms with Gasteiger partial charge in [-0.15, -0.1) is 0 Å². The van der Waals surface area contributed by atoms with Gasteiger partial charge in [-0.25, -0.2) is 13.1 Å². The lowest BCUT2D eigenvalue weighted by Gasteiger charge is -2.73. The topological polar surface area (TPSA) is 113 Å². The molecule has 0 radical (unpaired) electrons. The predicted molar refractivity (Wildman–Crippen MR) is 207 cm³/mol. The lowest BCUT2D eigenvalue weighted by atomic mass is 9.32. The minimum atomic E-state index is -3.16. The highest BCUT2D eigenvalue weighted by Gasteiger charge is 2.71. The van der Waals surface area contributed by atoms with E-state index in [4.69, 9.17) is 4.74 Å². The first-order valence-electron chi connectivity index (χ1n) is 21.1. The maximum atomic E-state index is 13.1. The van der Waals surface area contributed by atoms with Crippen LogP contribution in [0.4, 0.5) is 0 Å². The van der Waals surface area contributed by atoms with Crippen LogP contribution in [-0.2, 0) is 24.3 Å². The van der Waals surface area contributed by atoms with Gasteiger partial charge in [-0.3, -0.25) is 9.59 Å². The highest BCUT2D eigenvalue weighted by atomic mass is 32.2. The van der Waals surface area contributed by atoms with Crippen LogP contribution in [0.1, 0.15) is 152 Å². The van der Waals surface area contributed by atoms with Gasteiger partial charge in [-0.05, 0) is 174 Å². The summed E-state index contributed by atoms with van der Waals surface area (Å²) in [7, 11) is -3.16. The minimum absolute atomic E-state index is 0.0732. The summed E-state index contributed by atoms with van der Waals surface area (Å²) in [4.78, 5) is 27.5. The molecular formula is C43H74N2O6S. The van der Waals surface area contributed by atoms with Crippen molar-refractivity contribution >= 4 is 22.0 Å². The molecule has 0 amide bonds. The zero-order valence-electron chi connectivity index (χ0n) is 34.5. The van der Waals surface area contributed by atoms with Crippen LogP contribution in [0.15, 0.2) is 0 Å². The van der Waals surface area contributed by atoms with Crippen molar-refractivity contribution < 1.29 is 27.9 Å². The molecule has 1 saturated heterocycles. The fourth-order valence-electron chi connectivity index (χ4n) is 14.7. The summed E-state index contributed by atoms with van der Waals surface area (Å²) in [5, 5.41) is 9.62. The molecule has 5 saturated carbocycles. The molecule has 298 valence electrons. The summed E-state index contributed by atoms with van der Waals surface area (Å²) in [5.41, 5.74) is -0.108. The van der Waals surface area contributed by atoms with Crippen LogP contribution in [0.2, 0.25) is 0 Å². The van der Waals surface area contributed by atoms with E-state index < -0.39 is 21.4 Å². The molecule has 9 heteroatoms. The van der Waals surface area contributed by atoms with Gasteiger partial charge in [-0.1, -0.05) is 48.5 Å². The maximum Gasteiger partial charge on any atom is 0.309 e. The fourth-order valence-corrected chi connectivity index (χ4v) is 15.6. The Bertz CT molecular complexity index is 1470. The van der Waals surface area contributed by atoms with Gasteiger partial charge >= 0.3 is 11.9 Å². The SMILES string of the molecule is CC(C)[C@@H]1CC[C@]2(CCN3CCC(NS(C)(=O)=O)CC3)CC[C@]3(C)[C@H](CC[C@@H]4[C@@]5(C)CC[C@H](OC(=O)CC(C)(C)C(=O)O)C(C)(C)[C@@H]5CC[C@]43C)[C@@H]12. The van der Waals surface area contributed by atoms with Crippen molar-refractivity contribution in [3.8, 4) is 0 Å². The lowest BCUT2D eigenvalue weighted by Crippen LogP contribution is -2.67. The van der Waals surface area contributed by atoms with Gasteiger partial charge in [0.1, 0.15) is 6.10 Å². The number of piperidine rings is 1. The Morgan fingerprint density at radius 3 is 2.15 bits per heavy atom. The van der Waals surface area contributed by atoms with Crippen molar-refractivity contribution in [2.24, 2.45) is 68.0 Å². The first-order chi connectivity index (χ1) is 24.0. The standard InChI is InChI=1S/C43H74N2O6S/c1-28(2)30-13-20-43(23-26-45-24-16-29(17-25-45)44-52(10,49)50)22-21-41(8)31(36(30)43)11-12-33-40(7)18-15-34(51-35(46)27-38(3,4)37(47)48)39(5,6)32(40)14-19-42(33,41)9/h28-34,36,44H,11-27H2,1-10H3,(H,47,48)/t30-,31+,32-,33+,34-,36+,40-,41+,42+,43+/m0/s1. The van der Waals surface area contributed by atoms with E-state index in [0.717, 1.165) is 63.1 Å². The summed E-state index contributed by atoms with van der Waals surface area (Å²) >= 11 is 0. The van der Waals surface area contributed by atoms with Crippen molar-refractivity contribution in [2.45, 2.75) is 164 Å². The van der Waals surface area contributed by atoms with Gasteiger partial charge in [0.25, 0.3) is 0 Å². The molecule has 2 N–H and O–H groups in total. The van der Waals surface area contributed by atoms with Crippen molar-refractivity contribution in [2.75, 3.05) is 25.9 Å². The lowest BCUT2D eigenvalue weighted by molar-refractivity contribution is -0.252. The summed E-state index contributed by atoms with van der Waals surface area (Å²) in [5.74, 6) is 2.79. The van der Waals surface area contributed by atoms with Crippen LogP contribution >= 0.6 is 0 Å². The number of hydrogen-bond acceptors (Lipinski definition) is 6. The Morgan fingerprint density at radius 2 is 1.54 bits per heavy atom. The van der Waals surface area contributed by atoms with E-state index in [2.05, 4.69) is 58.1 Å². The second kappa shape index (κ2) is 13.8. The maximum absolute atomic E-state index is 13.1. The Morgan fingerprint density at radius 1 is 0.865 bits per heavy atom. The molecular weight excluding hydrogens is 673 g/mol. The second-order valence-electron chi connectivity index (χ2n) is 21.5. The zero-order valence-corrected chi connectivity index (χ0v) is 35.3. The van der Waals surface area contributed by atoms with E-state index >= 15 is 0 Å². The Labute approximate surface area is 316 Å². The number of nitrogens with one attached hydrogen (secondary N) is 1. The number of sulfonamides is 1. The van der Waals surface area contributed by atoms with E-state index in [1.165, 1.54) is 64.0 Å². The van der Waals surface area contributed by atoms with Crippen LogP contribution in [0, 0.1) is 68.0 Å². The highest BCUT2D eigenvalue weighted by Crippen LogP contribution is 2.78. The number of likely N-dealkylation sites (tertiary alicyclic amines) is 1. The monoisotopic (exact) mass is 747 g/mol. The van der Waals surface area contributed by atoms with E-state index in [0.29, 0.717) is 28.6 Å². The molecule has 5 aliphatic carbocycles. The molecule has 52 heavy (non-hydrogen) atoms. The molecule has 0 aromatic carbocycles. The number of hydrogen-bond donors (Lipinski definition) is 2. The Kier molecular flexibility index (Phi) is 10.7. The quantitative estimate of drug-likeness (QED) is 0.216. The molecule has 0 bridgehead atoms. The molecule has 0 aromatic heterocycles. The average molecular weight is 747 g/mol. The smallest absolute Gasteiger partial charge is 0.309 e. The molecule has 6 aliphatic rings. The normalized spacial score (nSPS) is 42.5. The van der Waals surface area contributed by atoms with Gasteiger partial charge in [0.05, 0.1) is 18.1 Å². The van der Waals surface area contributed by atoms with Gasteiger partial charge in [0.15, 0.2) is 0 Å². The Hall–Kier alpha value is -1.19. The average Bonchev–Trinajstić information content (AvgIpc) is 3.42. The fraction of sp³-hybridized carbons (Fsp3) is 0.953. The van der Waals surface area contributed by atoms with E-state index in [-0.39, 0.29) is 40.8 Å². The minimum Gasteiger partial charge on any atom is -0.481 e. The van der Waals surface area contributed by atoms with Crippen LogP contribution in [-0.4, -0.2) is 68.4 Å². The van der Waals surface area contributed by atoms with Gasteiger partial charge in [0.2, 0.25) is 10.0 Å². The number of esters is 1. The van der Waals surface area contributed by atoms with E-state index in [9.17, 15) is 23.1 Å². The molecule has 0 aromatic rings. The van der Waals surface area contributed by atoms with Gasteiger partial charge in [0, 0.05) is 11.5 Å². The summed E-state index contributed by atoms with van der Waals surface area (Å²) in [6, 6.07) is 0.0732.